The number of rotatable bonds is 3. The van der Waals surface area contributed by atoms with E-state index in [0.717, 1.165) is 12.0 Å². The molecule has 2 aromatic rings. The first-order valence-electron chi connectivity index (χ1n) is 6.02. The number of hydrogen-bond donors (Lipinski definition) is 1. The first kappa shape index (κ1) is 10.5. The van der Waals surface area contributed by atoms with Crippen molar-refractivity contribution in [1.29, 1.82) is 0 Å². The Morgan fingerprint density at radius 3 is 2.12 bits per heavy atom. The van der Waals surface area contributed by atoms with E-state index in [1.54, 1.807) is 0 Å². The van der Waals surface area contributed by atoms with Gasteiger partial charge in [-0.3, -0.25) is 0 Å². The fourth-order valence-corrected chi connectivity index (χ4v) is 2.39. The van der Waals surface area contributed by atoms with Crippen LogP contribution >= 0.6 is 0 Å². The third-order valence-corrected chi connectivity index (χ3v) is 3.44. The van der Waals surface area contributed by atoms with Crippen molar-refractivity contribution in [1.82, 2.24) is 0 Å². The van der Waals surface area contributed by atoms with Gasteiger partial charge in [-0.05, 0) is 23.5 Å². The van der Waals surface area contributed by atoms with Gasteiger partial charge in [-0.15, -0.1) is 0 Å². The van der Waals surface area contributed by atoms with Gasteiger partial charge in [-0.2, -0.15) is 0 Å². The summed E-state index contributed by atoms with van der Waals surface area (Å²) in [6.07, 6.45) is 1.60. The van der Waals surface area contributed by atoms with Crippen molar-refractivity contribution in [2.75, 3.05) is 0 Å². The highest BCUT2D eigenvalue weighted by Crippen LogP contribution is 2.53. The normalized spacial score (nSPS) is 22.7. The van der Waals surface area contributed by atoms with E-state index >= 15 is 0 Å². The minimum absolute atomic E-state index is 0.305. The molecule has 2 aromatic carbocycles. The van der Waals surface area contributed by atoms with E-state index < -0.39 is 0 Å². The molecule has 1 aliphatic rings. The Balaban J connectivity index is 1.73. The largest absolute Gasteiger partial charge is 0.381 e. The summed E-state index contributed by atoms with van der Waals surface area (Å²) in [6.45, 7) is 0. The van der Waals surface area contributed by atoms with Crippen LogP contribution in [-0.4, -0.2) is 5.11 Å². The van der Waals surface area contributed by atoms with E-state index in [9.17, 15) is 5.11 Å². The number of benzene rings is 2. The highest BCUT2D eigenvalue weighted by atomic mass is 16.3. The Morgan fingerprint density at radius 1 is 0.882 bits per heavy atom. The van der Waals surface area contributed by atoms with E-state index in [1.165, 1.54) is 5.56 Å². The van der Waals surface area contributed by atoms with Gasteiger partial charge in [0.15, 0.2) is 0 Å². The fraction of sp³-hybridized carbons (Fsp3) is 0.188. The van der Waals surface area contributed by atoms with E-state index in [-0.39, 0.29) is 0 Å². The average molecular weight is 223 g/mol. The van der Waals surface area contributed by atoms with Crippen molar-refractivity contribution in [3.05, 3.63) is 77.9 Å². The van der Waals surface area contributed by atoms with Crippen molar-refractivity contribution in [3.8, 4) is 0 Å². The summed E-state index contributed by atoms with van der Waals surface area (Å²) in [7, 11) is 0. The van der Waals surface area contributed by atoms with Crippen LogP contribution in [0.2, 0.25) is 0 Å². The van der Waals surface area contributed by atoms with Gasteiger partial charge in [0, 0.05) is 5.92 Å². The van der Waals surface area contributed by atoms with Crippen molar-refractivity contribution < 1.29 is 5.11 Å². The van der Waals surface area contributed by atoms with Crippen LogP contribution in [0.15, 0.2) is 60.7 Å². The van der Waals surface area contributed by atoms with Gasteiger partial charge in [0.05, 0.1) is 0 Å². The lowest BCUT2D eigenvalue weighted by atomic mass is 10.0. The van der Waals surface area contributed by atoms with Crippen molar-refractivity contribution in [2.24, 2.45) is 5.92 Å². The van der Waals surface area contributed by atoms with Gasteiger partial charge in [0.1, 0.15) is 6.10 Å². The molecule has 0 bridgehead atoms. The summed E-state index contributed by atoms with van der Waals surface area (Å²) in [5.41, 5.74) is 2.29. The molecule has 1 heteroatoms. The highest BCUT2D eigenvalue weighted by molar-refractivity contribution is 5.36. The maximum Gasteiger partial charge on any atom is 0.126 e. The third kappa shape index (κ3) is 2.11. The molecule has 1 nitrogen and oxygen atoms in total. The van der Waals surface area contributed by atoms with Gasteiger partial charge < -0.3 is 5.11 Å². The monoisotopic (exact) mass is 223 g/mol. The Morgan fingerprint density at radius 2 is 1.47 bits per heavy atom. The molecule has 85 valence electrons. The zero-order chi connectivity index (χ0) is 11.7. The second-order valence-corrected chi connectivity index (χ2v) is 4.61. The molecular weight excluding hydrogens is 208 g/mol. The number of aliphatic hydroxyl groups excluding tert-OH is 1. The lowest BCUT2D eigenvalue weighted by Gasteiger charge is -2.09. The molecule has 1 saturated carbocycles. The van der Waals surface area contributed by atoms with Crippen LogP contribution < -0.4 is 0 Å². The van der Waals surface area contributed by atoms with Crippen molar-refractivity contribution in [2.45, 2.75) is 12.3 Å². The maximum atomic E-state index is 10.2. The molecule has 2 atom stereocenters. The number of aliphatic hydroxyl groups is 1. The molecule has 0 saturated heterocycles. The van der Waals surface area contributed by atoms with E-state index in [0.29, 0.717) is 17.9 Å². The summed E-state index contributed by atoms with van der Waals surface area (Å²) in [4.78, 5) is 0. The molecule has 0 spiro atoms. The van der Waals surface area contributed by atoms with Crippen LogP contribution in [0.3, 0.4) is 0 Å². The fourth-order valence-electron chi connectivity index (χ4n) is 2.39. The van der Waals surface area contributed by atoms with Crippen molar-refractivity contribution in [3.63, 3.8) is 0 Å². The second kappa shape index (κ2) is 4.34. The second-order valence-electron chi connectivity index (χ2n) is 4.61. The van der Waals surface area contributed by atoms with Crippen LogP contribution in [0.4, 0.5) is 0 Å². The Kier molecular flexibility index (Phi) is 2.69. The van der Waals surface area contributed by atoms with Gasteiger partial charge >= 0.3 is 0 Å². The van der Waals surface area contributed by atoms with E-state index in [2.05, 4.69) is 24.3 Å². The maximum absolute atomic E-state index is 10.2. The molecule has 0 unspecified atom stereocenters. The molecule has 0 amide bonds. The zero-order valence-electron chi connectivity index (χ0n) is 9.58. The van der Waals surface area contributed by atoms with Gasteiger partial charge in [-0.25, -0.2) is 0 Å². The van der Waals surface area contributed by atoms with Gasteiger partial charge in [0.2, 0.25) is 0 Å². The standard InChI is InChI=1S/C16H15O/c17-16(13-9-5-2-6-10-13)15-11-14(15)12-7-3-1-4-8-12/h1-10,14-15,17H,11H2/t14-,15-/m1/s1. The smallest absolute Gasteiger partial charge is 0.126 e. The predicted molar refractivity (Wildman–Crippen MR) is 68.0 cm³/mol. The summed E-state index contributed by atoms with van der Waals surface area (Å²) in [5.74, 6) is 0.802. The zero-order valence-corrected chi connectivity index (χ0v) is 9.58. The average Bonchev–Trinajstić information content (AvgIpc) is 3.20. The van der Waals surface area contributed by atoms with Crippen LogP contribution in [0, 0.1) is 12.0 Å². The van der Waals surface area contributed by atoms with Crippen LogP contribution in [0.1, 0.15) is 23.5 Å². The summed E-state index contributed by atoms with van der Waals surface area (Å²) in [6, 6.07) is 20.3. The molecule has 1 fully saturated rings. The van der Waals surface area contributed by atoms with Crippen LogP contribution in [0.5, 0.6) is 0 Å². The minimum Gasteiger partial charge on any atom is -0.381 e. The minimum atomic E-state index is 0.305. The molecule has 1 aliphatic carbocycles. The van der Waals surface area contributed by atoms with Crippen molar-refractivity contribution >= 4 is 0 Å². The summed E-state index contributed by atoms with van der Waals surface area (Å²) >= 11 is 0. The summed E-state index contributed by atoms with van der Waals surface area (Å²) < 4.78 is 0. The molecule has 0 aromatic heterocycles. The van der Waals surface area contributed by atoms with E-state index in [1.807, 2.05) is 36.4 Å². The lowest BCUT2D eigenvalue weighted by Crippen LogP contribution is -2.02. The lowest BCUT2D eigenvalue weighted by molar-refractivity contribution is 0.299. The summed E-state index contributed by atoms with van der Waals surface area (Å²) in [5, 5.41) is 10.2. The third-order valence-electron chi connectivity index (χ3n) is 3.44. The Hall–Kier alpha value is -1.60. The SMILES string of the molecule is O[C](c1ccccc1)[C@@H]1C[C@@H]1c1ccccc1. The molecule has 0 aliphatic heterocycles. The van der Waals surface area contributed by atoms with Gasteiger partial charge in [0.25, 0.3) is 0 Å². The Bertz CT molecular complexity index is 477. The molecule has 0 heterocycles. The molecule has 1 N–H and O–H groups in total. The van der Waals surface area contributed by atoms with E-state index in [4.69, 9.17) is 0 Å². The van der Waals surface area contributed by atoms with Gasteiger partial charge in [-0.1, -0.05) is 60.7 Å². The quantitative estimate of drug-likeness (QED) is 0.840. The first-order chi connectivity index (χ1) is 8.36. The predicted octanol–water partition coefficient (Wildman–Crippen LogP) is 3.74. The molecule has 3 rings (SSSR count). The molecular formula is C16H15O. The van der Waals surface area contributed by atoms with Crippen LogP contribution in [-0.2, 0) is 0 Å². The van der Waals surface area contributed by atoms with Crippen LogP contribution in [0.25, 0.3) is 0 Å². The topological polar surface area (TPSA) is 20.2 Å². The Labute approximate surface area is 102 Å². The highest BCUT2D eigenvalue weighted by Gasteiger charge is 2.44. The first-order valence-corrected chi connectivity index (χ1v) is 6.02. The number of hydrogen-bond acceptors (Lipinski definition) is 1. The molecule has 17 heavy (non-hydrogen) atoms. The molecule has 1 radical (unpaired) electrons.